The van der Waals surface area contributed by atoms with E-state index in [9.17, 15) is 4.39 Å². The van der Waals surface area contributed by atoms with Gasteiger partial charge in [0.15, 0.2) is 0 Å². The fraction of sp³-hybridized carbons (Fsp3) is 0.250. The topological polar surface area (TPSA) is 30.5 Å². The van der Waals surface area contributed by atoms with Crippen molar-refractivity contribution < 1.29 is 13.9 Å². The van der Waals surface area contributed by atoms with Gasteiger partial charge in [0, 0.05) is 6.07 Å². The van der Waals surface area contributed by atoms with Crippen LogP contribution >= 0.6 is 0 Å². The number of nitrogens with one attached hydrogen (secondary N) is 1. The molecule has 2 aromatic carbocycles. The highest BCUT2D eigenvalue weighted by Crippen LogP contribution is 2.34. The number of anilines is 1. The van der Waals surface area contributed by atoms with Crippen molar-refractivity contribution in [2.24, 2.45) is 0 Å². The lowest BCUT2D eigenvalue weighted by atomic mass is 10.1. The van der Waals surface area contributed by atoms with Gasteiger partial charge in [-0.1, -0.05) is 12.1 Å². The van der Waals surface area contributed by atoms with Crippen LogP contribution in [0.2, 0.25) is 0 Å². The van der Waals surface area contributed by atoms with E-state index >= 15 is 0 Å². The zero-order valence-electron chi connectivity index (χ0n) is 11.2. The minimum atomic E-state index is -0.294. The highest BCUT2D eigenvalue weighted by atomic mass is 19.1. The highest BCUT2D eigenvalue weighted by Gasteiger charge is 2.21. The third-order valence-corrected chi connectivity index (χ3v) is 3.25. The zero-order valence-corrected chi connectivity index (χ0v) is 11.2. The predicted molar refractivity (Wildman–Crippen MR) is 75.9 cm³/mol. The van der Waals surface area contributed by atoms with Gasteiger partial charge in [-0.3, -0.25) is 0 Å². The normalized spacial score (nSPS) is 16.8. The van der Waals surface area contributed by atoms with Crippen molar-refractivity contribution in [3.05, 3.63) is 53.8 Å². The van der Waals surface area contributed by atoms with Crippen LogP contribution in [0.1, 0.15) is 18.6 Å². The summed E-state index contributed by atoms with van der Waals surface area (Å²) in [4.78, 5) is 0. The minimum absolute atomic E-state index is 0.125. The van der Waals surface area contributed by atoms with E-state index in [-0.39, 0.29) is 11.9 Å². The molecule has 1 atom stereocenters. The summed E-state index contributed by atoms with van der Waals surface area (Å²) < 4.78 is 24.5. The summed E-state index contributed by atoms with van der Waals surface area (Å²) in [5.41, 5.74) is 1.87. The molecule has 0 fully saturated rings. The fourth-order valence-electron chi connectivity index (χ4n) is 2.27. The molecule has 0 aliphatic carbocycles. The van der Waals surface area contributed by atoms with Crippen molar-refractivity contribution in [2.75, 3.05) is 18.5 Å². The lowest BCUT2D eigenvalue weighted by Gasteiger charge is -2.27. The lowest BCUT2D eigenvalue weighted by Crippen LogP contribution is -2.23. The maximum atomic E-state index is 13.2. The van der Waals surface area contributed by atoms with Crippen molar-refractivity contribution in [2.45, 2.75) is 13.0 Å². The quantitative estimate of drug-likeness (QED) is 0.923. The Labute approximate surface area is 117 Å². The summed E-state index contributed by atoms with van der Waals surface area (Å²) >= 11 is 0. The van der Waals surface area contributed by atoms with Gasteiger partial charge in [0.2, 0.25) is 0 Å². The molecule has 1 unspecified atom stereocenters. The molecule has 3 nitrogen and oxygen atoms in total. The first kappa shape index (κ1) is 12.8. The van der Waals surface area contributed by atoms with E-state index in [1.54, 1.807) is 6.07 Å². The summed E-state index contributed by atoms with van der Waals surface area (Å²) in [6.07, 6.45) is -0.125. The van der Waals surface area contributed by atoms with Gasteiger partial charge in [0.1, 0.15) is 23.4 Å². The molecule has 0 saturated heterocycles. The first-order chi connectivity index (χ1) is 9.76. The summed E-state index contributed by atoms with van der Waals surface area (Å²) in [6, 6.07) is 12.3. The van der Waals surface area contributed by atoms with E-state index in [1.165, 1.54) is 12.1 Å². The Hall–Kier alpha value is -2.23. The van der Waals surface area contributed by atoms with Gasteiger partial charge < -0.3 is 14.8 Å². The largest absolute Gasteiger partial charge is 0.494 e. The number of fused-ring (bicyclic) bond motifs is 1. The maximum absolute atomic E-state index is 13.2. The van der Waals surface area contributed by atoms with Crippen LogP contribution in [0.25, 0.3) is 0 Å². The number of halogens is 1. The summed E-state index contributed by atoms with van der Waals surface area (Å²) in [7, 11) is 0. The summed E-state index contributed by atoms with van der Waals surface area (Å²) in [5, 5.41) is 3.26. The average molecular weight is 273 g/mol. The van der Waals surface area contributed by atoms with Crippen molar-refractivity contribution in [3.63, 3.8) is 0 Å². The molecule has 0 amide bonds. The predicted octanol–water partition coefficient (Wildman–Crippen LogP) is 3.77. The van der Waals surface area contributed by atoms with Gasteiger partial charge in [-0.15, -0.1) is 0 Å². The molecular formula is C16H16FNO2. The van der Waals surface area contributed by atoms with E-state index < -0.39 is 0 Å². The summed E-state index contributed by atoms with van der Waals surface area (Å²) in [6.45, 7) is 3.26. The van der Waals surface area contributed by atoms with Gasteiger partial charge in [-0.25, -0.2) is 4.39 Å². The second-order valence-corrected chi connectivity index (χ2v) is 4.63. The average Bonchev–Trinajstić information content (AvgIpc) is 2.47. The molecule has 1 aliphatic rings. The number of hydrogen-bond donors (Lipinski definition) is 1. The van der Waals surface area contributed by atoms with Crippen LogP contribution in [0.15, 0.2) is 42.5 Å². The van der Waals surface area contributed by atoms with Crippen LogP contribution < -0.4 is 14.8 Å². The van der Waals surface area contributed by atoms with Gasteiger partial charge in [0.25, 0.3) is 0 Å². The first-order valence-corrected chi connectivity index (χ1v) is 6.69. The molecule has 104 valence electrons. The van der Waals surface area contributed by atoms with E-state index in [0.29, 0.717) is 18.9 Å². The van der Waals surface area contributed by atoms with Gasteiger partial charge >= 0.3 is 0 Å². The third kappa shape index (κ3) is 2.54. The van der Waals surface area contributed by atoms with Crippen LogP contribution in [0, 0.1) is 5.82 Å². The smallest absolute Gasteiger partial charge is 0.146 e. The molecule has 1 N–H and O–H groups in total. The number of rotatable bonds is 3. The number of ether oxygens (including phenoxy) is 2. The lowest BCUT2D eigenvalue weighted by molar-refractivity contribution is 0.209. The van der Waals surface area contributed by atoms with Crippen LogP contribution in [0.3, 0.4) is 0 Å². The Balaban J connectivity index is 1.79. The van der Waals surface area contributed by atoms with Crippen molar-refractivity contribution in [1.29, 1.82) is 0 Å². The molecular weight excluding hydrogens is 257 g/mol. The molecule has 4 heteroatoms. The Bertz CT molecular complexity index is 598. The van der Waals surface area contributed by atoms with E-state index in [1.807, 2.05) is 31.2 Å². The maximum Gasteiger partial charge on any atom is 0.146 e. The molecule has 0 bridgehead atoms. The Morgan fingerprint density at radius 1 is 1.25 bits per heavy atom. The number of hydrogen-bond acceptors (Lipinski definition) is 3. The van der Waals surface area contributed by atoms with Crippen molar-refractivity contribution >= 4 is 5.69 Å². The van der Waals surface area contributed by atoms with Gasteiger partial charge in [-0.05, 0) is 36.8 Å². The van der Waals surface area contributed by atoms with E-state index in [0.717, 1.165) is 17.0 Å². The Kier molecular flexibility index (Phi) is 3.46. The first-order valence-electron chi connectivity index (χ1n) is 6.69. The Morgan fingerprint density at radius 3 is 2.80 bits per heavy atom. The van der Waals surface area contributed by atoms with Crippen molar-refractivity contribution in [3.8, 4) is 11.5 Å². The fourth-order valence-corrected chi connectivity index (χ4v) is 2.27. The van der Waals surface area contributed by atoms with E-state index in [4.69, 9.17) is 9.47 Å². The minimum Gasteiger partial charge on any atom is -0.494 e. The van der Waals surface area contributed by atoms with Crippen molar-refractivity contribution in [1.82, 2.24) is 0 Å². The molecule has 2 aromatic rings. The SMILES string of the molecule is CCOc1ccc(C2CNc3ccc(F)cc3O2)cc1. The molecule has 0 radical (unpaired) electrons. The zero-order chi connectivity index (χ0) is 13.9. The molecule has 0 spiro atoms. The molecule has 0 saturated carbocycles. The standard InChI is InChI=1S/C16H16FNO2/c1-2-19-13-6-3-11(4-7-13)16-10-18-14-8-5-12(17)9-15(14)20-16/h3-9,16,18H,2,10H2,1H3. The second kappa shape index (κ2) is 5.41. The monoisotopic (exact) mass is 273 g/mol. The van der Waals surface area contributed by atoms with Crippen LogP contribution in [0.5, 0.6) is 11.5 Å². The van der Waals surface area contributed by atoms with E-state index in [2.05, 4.69) is 5.32 Å². The highest BCUT2D eigenvalue weighted by molar-refractivity contribution is 5.58. The van der Waals surface area contributed by atoms with Gasteiger partial charge in [0.05, 0.1) is 18.8 Å². The third-order valence-electron chi connectivity index (χ3n) is 3.25. The number of benzene rings is 2. The van der Waals surface area contributed by atoms with Crippen LogP contribution in [0.4, 0.5) is 10.1 Å². The van der Waals surface area contributed by atoms with Crippen LogP contribution in [-0.4, -0.2) is 13.2 Å². The van der Waals surface area contributed by atoms with Gasteiger partial charge in [-0.2, -0.15) is 0 Å². The molecule has 1 aliphatic heterocycles. The Morgan fingerprint density at radius 2 is 2.05 bits per heavy atom. The summed E-state index contributed by atoms with van der Waals surface area (Å²) in [5.74, 6) is 1.10. The molecule has 3 rings (SSSR count). The van der Waals surface area contributed by atoms with Crippen LogP contribution in [-0.2, 0) is 0 Å². The molecule has 20 heavy (non-hydrogen) atoms. The molecule has 1 heterocycles. The second-order valence-electron chi connectivity index (χ2n) is 4.63. The molecule has 0 aromatic heterocycles.